The largest absolute Gasteiger partial charge is 0.481 e. The van der Waals surface area contributed by atoms with E-state index in [1.807, 2.05) is 33.8 Å². The zero-order valence-corrected chi connectivity index (χ0v) is 27.1. The second-order valence-corrected chi connectivity index (χ2v) is 12.0. The minimum absolute atomic E-state index is 0.0119. The molecule has 2 atom stereocenters. The standard InChI is InChI=1S/C17H27BBrNO3.C12H16BrNO2/c1-12-6-7-13(11-19)8-14(12)9-15(20-18(5)22)10-16(21)23-17(2,3)4;1-8-2-3-9(7-13)4-10(8)5-11(14)6-12(15)16/h6-8,15,20,22H,9-11H2,1-5H3;2-4,11H,5-7,14H2,1H3,(H,15,16)/t15-;11-/m00/s1. The zero-order chi connectivity index (χ0) is 29.8. The van der Waals surface area contributed by atoms with Gasteiger partial charge in [0.25, 0.3) is 0 Å². The van der Waals surface area contributed by atoms with Crippen LogP contribution in [0.2, 0.25) is 6.82 Å². The molecule has 0 aliphatic carbocycles. The number of halogens is 2. The predicted octanol–water partition coefficient (Wildman–Crippen LogP) is 5.47. The molecule has 5 N–H and O–H groups in total. The molecule has 2 aromatic carbocycles. The van der Waals surface area contributed by atoms with Crippen LogP contribution in [-0.4, -0.2) is 46.8 Å². The first-order valence-corrected chi connectivity index (χ1v) is 15.3. The summed E-state index contributed by atoms with van der Waals surface area (Å²) in [5.41, 5.74) is 12.3. The molecule has 7 nitrogen and oxygen atoms in total. The molecule has 10 heteroatoms. The molecule has 0 amide bonds. The van der Waals surface area contributed by atoms with Crippen molar-refractivity contribution >= 4 is 50.8 Å². The van der Waals surface area contributed by atoms with Crippen LogP contribution in [0.3, 0.4) is 0 Å². The first-order valence-electron chi connectivity index (χ1n) is 13.1. The smallest absolute Gasteiger partial charge is 0.373 e. The van der Waals surface area contributed by atoms with Crippen molar-refractivity contribution in [3.05, 3.63) is 69.8 Å². The van der Waals surface area contributed by atoms with Gasteiger partial charge >= 0.3 is 19.0 Å². The molecule has 0 radical (unpaired) electrons. The van der Waals surface area contributed by atoms with Gasteiger partial charge < -0.3 is 25.8 Å². The fraction of sp³-hybridized carbons (Fsp3) is 0.517. The number of carboxylic acid groups (broad SMARTS) is 1. The molecule has 216 valence electrons. The van der Waals surface area contributed by atoms with Crippen molar-refractivity contribution in [2.75, 3.05) is 0 Å². The number of alkyl halides is 2. The van der Waals surface area contributed by atoms with E-state index < -0.39 is 18.6 Å². The highest BCUT2D eigenvalue weighted by molar-refractivity contribution is 9.08. The topological polar surface area (TPSA) is 122 Å². The minimum Gasteiger partial charge on any atom is -0.481 e. The fourth-order valence-corrected chi connectivity index (χ4v) is 4.71. The van der Waals surface area contributed by atoms with Crippen LogP contribution in [0.15, 0.2) is 36.4 Å². The Kier molecular flexibility index (Phi) is 15.6. The maximum absolute atomic E-state index is 12.1. The number of nitrogens with one attached hydrogen (secondary N) is 1. The Bertz CT molecular complexity index is 1080. The number of rotatable bonds is 12. The number of esters is 1. The van der Waals surface area contributed by atoms with Crippen LogP contribution < -0.4 is 11.0 Å². The summed E-state index contributed by atoms with van der Waals surface area (Å²) in [4.78, 5) is 22.6. The number of carbonyl (C=O) groups excluding carboxylic acids is 1. The molecule has 0 aliphatic rings. The van der Waals surface area contributed by atoms with E-state index in [0.29, 0.717) is 12.8 Å². The Labute approximate surface area is 250 Å². The molecule has 0 heterocycles. The first kappa shape index (κ1) is 35.3. The number of carboxylic acids is 1. The van der Waals surface area contributed by atoms with Crippen molar-refractivity contribution in [1.82, 2.24) is 5.23 Å². The van der Waals surface area contributed by atoms with Crippen LogP contribution in [0.25, 0.3) is 0 Å². The predicted molar refractivity (Wildman–Crippen MR) is 166 cm³/mol. The van der Waals surface area contributed by atoms with E-state index in [1.54, 1.807) is 6.82 Å². The number of carbonyl (C=O) groups is 2. The number of ether oxygens (including phenoxy) is 1. The molecule has 0 bridgehead atoms. The summed E-state index contributed by atoms with van der Waals surface area (Å²) in [6.07, 6.45) is 1.51. The van der Waals surface area contributed by atoms with Gasteiger partial charge in [0, 0.05) is 22.7 Å². The zero-order valence-electron chi connectivity index (χ0n) is 23.9. The van der Waals surface area contributed by atoms with E-state index in [1.165, 1.54) is 22.3 Å². The molecule has 0 spiro atoms. The van der Waals surface area contributed by atoms with Gasteiger partial charge in [0.2, 0.25) is 0 Å². The Morgan fingerprint density at radius 3 is 1.87 bits per heavy atom. The Balaban J connectivity index is 0.000000416. The third-order valence-electron chi connectivity index (χ3n) is 5.83. The lowest BCUT2D eigenvalue weighted by Gasteiger charge is -2.24. The van der Waals surface area contributed by atoms with E-state index >= 15 is 0 Å². The van der Waals surface area contributed by atoms with Gasteiger partial charge in [-0.25, -0.2) is 0 Å². The fourth-order valence-electron chi connectivity index (χ4n) is 4.02. The van der Waals surface area contributed by atoms with Crippen LogP contribution in [0, 0.1) is 13.8 Å². The van der Waals surface area contributed by atoms with E-state index in [-0.39, 0.29) is 30.9 Å². The Morgan fingerprint density at radius 2 is 1.46 bits per heavy atom. The summed E-state index contributed by atoms with van der Waals surface area (Å²) in [5, 5.41) is 22.9. The molecule has 0 unspecified atom stereocenters. The second kappa shape index (κ2) is 17.2. The van der Waals surface area contributed by atoms with Crippen LogP contribution in [0.5, 0.6) is 0 Å². The van der Waals surface area contributed by atoms with Gasteiger partial charge in [-0.1, -0.05) is 68.3 Å². The van der Waals surface area contributed by atoms with Gasteiger partial charge in [-0.05, 0) is 87.7 Å². The molecule has 0 saturated carbocycles. The van der Waals surface area contributed by atoms with Gasteiger partial charge in [-0.2, -0.15) is 0 Å². The van der Waals surface area contributed by atoms with Crippen LogP contribution in [0.4, 0.5) is 0 Å². The van der Waals surface area contributed by atoms with Crippen molar-refractivity contribution in [1.29, 1.82) is 0 Å². The summed E-state index contributed by atoms with van der Waals surface area (Å²) >= 11 is 6.86. The number of hydrogen-bond donors (Lipinski definition) is 4. The van der Waals surface area contributed by atoms with Crippen LogP contribution in [-0.2, 0) is 37.8 Å². The molecule has 0 aliphatic heterocycles. The lowest BCUT2D eigenvalue weighted by Crippen LogP contribution is -2.43. The SMILES string of the molecule is CB(O)N[C@H](CC(=O)OC(C)(C)C)Cc1cc(CBr)ccc1C.Cc1ccc(CBr)cc1C[C@H](N)CC(=O)O. The van der Waals surface area contributed by atoms with Gasteiger partial charge in [0.15, 0.2) is 0 Å². The molecule has 39 heavy (non-hydrogen) atoms. The number of nitrogens with two attached hydrogens (primary N) is 1. The normalized spacial score (nSPS) is 12.7. The third kappa shape index (κ3) is 15.0. The van der Waals surface area contributed by atoms with Gasteiger partial charge in [0.05, 0.1) is 12.8 Å². The summed E-state index contributed by atoms with van der Waals surface area (Å²) in [6, 6.07) is 12.0. The van der Waals surface area contributed by atoms with Gasteiger partial charge in [0.1, 0.15) is 5.60 Å². The molecule has 0 saturated heterocycles. The van der Waals surface area contributed by atoms with Crippen molar-refractivity contribution in [3.8, 4) is 0 Å². The highest BCUT2D eigenvalue weighted by Crippen LogP contribution is 2.18. The Morgan fingerprint density at radius 1 is 0.974 bits per heavy atom. The average Bonchev–Trinajstić information content (AvgIpc) is 2.80. The van der Waals surface area contributed by atoms with Crippen molar-refractivity contribution in [2.24, 2.45) is 5.73 Å². The highest BCUT2D eigenvalue weighted by Gasteiger charge is 2.23. The monoisotopic (exact) mass is 668 g/mol. The lowest BCUT2D eigenvalue weighted by molar-refractivity contribution is -0.155. The van der Waals surface area contributed by atoms with E-state index in [0.717, 1.165) is 21.8 Å². The number of benzene rings is 2. The quantitative estimate of drug-likeness (QED) is 0.134. The third-order valence-corrected chi connectivity index (χ3v) is 7.13. The second-order valence-electron chi connectivity index (χ2n) is 10.9. The average molecular weight is 670 g/mol. The minimum atomic E-state index is -0.846. The number of aliphatic carboxylic acids is 1. The number of hydrogen-bond acceptors (Lipinski definition) is 6. The van der Waals surface area contributed by atoms with Crippen LogP contribution in [0.1, 0.15) is 67.0 Å². The van der Waals surface area contributed by atoms with E-state index in [2.05, 4.69) is 74.3 Å². The van der Waals surface area contributed by atoms with Gasteiger partial charge in [-0.15, -0.1) is 0 Å². The van der Waals surface area contributed by atoms with Crippen LogP contribution >= 0.6 is 31.9 Å². The van der Waals surface area contributed by atoms with Crippen molar-refractivity contribution in [2.45, 2.75) is 95.5 Å². The summed E-state index contributed by atoms with van der Waals surface area (Å²) < 4.78 is 5.39. The Hall–Kier alpha value is -1.72. The van der Waals surface area contributed by atoms with Crippen molar-refractivity contribution in [3.63, 3.8) is 0 Å². The summed E-state index contributed by atoms with van der Waals surface area (Å²) in [7, 11) is -0.679. The molecular formula is C29H43BBr2N2O5. The maximum Gasteiger partial charge on any atom is 0.373 e. The molecular weight excluding hydrogens is 627 g/mol. The van der Waals surface area contributed by atoms with E-state index in [4.69, 9.17) is 15.6 Å². The number of aryl methyl sites for hydroxylation is 2. The first-order chi connectivity index (χ1) is 18.1. The van der Waals surface area contributed by atoms with E-state index in [9.17, 15) is 14.6 Å². The molecule has 2 aromatic rings. The molecule has 2 rings (SSSR count). The summed E-state index contributed by atoms with van der Waals surface area (Å²) in [5.74, 6) is -1.10. The molecule has 0 aromatic heterocycles. The van der Waals surface area contributed by atoms with Crippen molar-refractivity contribution < 1.29 is 24.5 Å². The van der Waals surface area contributed by atoms with Gasteiger partial charge in [-0.3, -0.25) is 9.59 Å². The maximum atomic E-state index is 12.1. The summed E-state index contributed by atoms with van der Waals surface area (Å²) in [6.45, 7) is 11.3. The lowest BCUT2D eigenvalue weighted by atomic mass is 9.85. The molecule has 0 fully saturated rings. The highest BCUT2D eigenvalue weighted by atomic mass is 79.9.